The molecule has 4 nitrogen and oxygen atoms in total. The van der Waals surface area contributed by atoms with Crippen molar-refractivity contribution in [2.24, 2.45) is 0 Å². The number of rotatable bonds is 0. The number of fused-ring (bicyclic) bond motifs is 2. The molecule has 0 amide bonds. The number of hydrogen-bond donors (Lipinski definition) is 2. The number of aromatic nitrogens is 3. The van der Waals surface area contributed by atoms with Gasteiger partial charge in [0.2, 0.25) is 0 Å². The van der Waals surface area contributed by atoms with Gasteiger partial charge in [-0.3, -0.25) is 9.89 Å². The lowest BCUT2D eigenvalue weighted by Gasteiger charge is -1.98. The Morgan fingerprint density at radius 3 is 3.07 bits per heavy atom. The van der Waals surface area contributed by atoms with E-state index >= 15 is 0 Å². The minimum absolute atomic E-state index is 0.164. The Balaban J connectivity index is 2.53. The van der Waals surface area contributed by atoms with Crippen molar-refractivity contribution in [2.45, 2.75) is 26.2 Å². The molecule has 1 aliphatic rings. The maximum atomic E-state index is 12.0. The summed E-state index contributed by atoms with van der Waals surface area (Å²) in [5.41, 5.74) is 3.76. The first-order chi connectivity index (χ1) is 6.77. The monoisotopic (exact) mass is 189 g/mol. The summed E-state index contributed by atoms with van der Waals surface area (Å²) in [5, 5.41) is 7.64. The zero-order valence-corrected chi connectivity index (χ0v) is 7.98. The van der Waals surface area contributed by atoms with Gasteiger partial charge < -0.3 is 4.98 Å². The molecule has 0 fully saturated rings. The van der Waals surface area contributed by atoms with Crippen LogP contribution >= 0.6 is 0 Å². The molecule has 0 unspecified atom stereocenters. The summed E-state index contributed by atoms with van der Waals surface area (Å²) in [6, 6.07) is 0. The SMILES string of the molecule is Cc1[nH]nc2[nH]c3c(c(=O)c12)CCC3. The lowest BCUT2D eigenvalue weighted by molar-refractivity contribution is 0.898. The Bertz CT molecular complexity index is 564. The first-order valence-corrected chi connectivity index (χ1v) is 4.86. The van der Waals surface area contributed by atoms with Gasteiger partial charge in [-0.05, 0) is 26.2 Å². The fraction of sp³-hybridized carbons (Fsp3) is 0.400. The zero-order valence-electron chi connectivity index (χ0n) is 7.98. The van der Waals surface area contributed by atoms with Crippen LogP contribution in [0.3, 0.4) is 0 Å². The summed E-state index contributed by atoms with van der Waals surface area (Å²) in [7, 11) is 0. The molecule has 0 bridgehead atoms. The highest BCUT2D eigenvalue weighted by Crippen LogP contribution is 2.20. The van der Waals surface area contributed by atoms with E-state index < -0.39 is 0 Å². The molecule has 1 aliphatic carbocycles. The number of hydrogen-bond acceptors (Lipinski definition) is 2. The molecule has 0 aliphatic heterocycles. The molecule has 0 aromatic carbocycles. The maximum Gasteiger partial charge on any atom is 0.196 e. The van der Waals surface area contributed by atoms with Crippen molar-refractivity contribution in [1.82, 2.24) is 15.2 Å². The summed E-state index contributed by atoms with van der Waals surface area (Å²) in [4.78, 5) is 15.2. The van der Waals surface area contributed by atoms with Crippen LogP contribution in [0.15, 0.2) is 4.79 Å². The molecule has 2 N–H and O–H groups in total. The number of pyridine rings is 1. The van der Waals surface area contributed by atoms with Gasteiger partial charge in [-0.25, -0.2) is 0 Å². The van der Waals surface area contributed by atoms with Gasteiger partial charge in [0.25, 0.3) is 0 Å². The van der Waals surface area contributed by atoms with Crippen LogP contribution in [0.2, 0.25) is 0 Å². The highest BCUT2D eigenvalue weighted by atomic mass is 16.1. The lowest BCUT2D eigenvalue weighted by atomic mass is 10.1. The average molecular weight is 189 g/mol. The Morgan fingerprint density at radius 1 is 1.36 bits per heavy atom. The van der Waals surface area contributed by atoms with Crippen molar-refractivity contribution in [3.63, 3.8) is 0 Å². The van der Waals surface area contributed by atoms with Crippen LogP contribution in [0, 0.1) is 6.92 Å². The molecule has 0 radical (unpaired) electrons. The summed E-state index contributed by atoms with van der Waals surface area (Å²) in [6.07, 6.45) is 2.97. The summed E-state index contributed by atoms with van der Waals surface area (Å²) in [6.45, 7) is 1.88. The van der Waals surface area contributed by atoms with Gasteiger partial charge >= 0.3 is 0 Å². The number of H-pyrrole nitrogens is 2. The second kappa shape index (κ2) is 2.47. The minimum atomic E-state index is 0.164. The molecular weight excluding hydrogens is 178 g/mol. The molecule has 72 valence electrons. The second-order valence-electron chi connectivity index (χ2n) is 3.84. The first kappa shape index (κ1) is 7.79. The maximum absolute atomic E-state index is 12.0. The van der Waals surface area contributed by atoms with Crippen molar-refractivity contribution in [2.75, 3.05) is 0 Å². The van der Waals surface area contributed by atoms with Gasteiger partial charge in [0, 0.05) is 17.0 Å². The first-order valence-electron chi connectivity index (χ1n) is 4.86. The minimum Gasteiger partial charge on any atom is -0.341 e. The highest BCUT2D eigenvalue weighted by Gasteiger charge is 2.18. The fourth-order valence-electron chi connectivity index (χ4n) is 2.22. The van der Waals surface area contributed by atoms with Gasteiger partial charge in [0.15, 0.2) is 11.1 Å². The second-order valence-corrected chi connectivity index (χ2v) is 3.84. The van der Waals surface area contributed by atoms with E-state index in [0.717, 1.165) is 41.6 Å². The molecule has 14 heavy (non-hydrogen) atoms. The topological polar surface area (TPSA) is 61.5 Å². The van der Waals surface area contributed by atoms with Gasteiger partial charge in [0.05, 0.1) is 5.39 Å². The quantitative estimate of drug-likeness (QED) is 0.650. The summed E-state index contributed by atoms with van der Waals surface area (Å²) < 4.78 is 0. The molecule has 0 saturated carbocycles. The molecule has 2 heterocycles. The van der Waals surface area contributed by atoms with Crippen molar-refractivity contribution in [3.05, 3.63) is 27.2 Å². The van der Waals surface area contributed by atoms with Gasteiger partial charge in [-0.15, -0.1) is 0 Å². The van der Waals surface area contributed by atoms with Gasteiger partial charge in [-0.1, -0.05) is 0 Å². The van der Waals surface area contributed by atoms with Crippen molar-refractivity contribution in [1.29, 1.82) is 0 Å². The third-order valence-corrected chi connectivity index (χ3v) is 2.94. The normalized spacial score (nSPS) is 14.9. The van der Waals surface area contributed by atoms with E-state index in [4.69, 9.17) is 0 Å². The molecular formula is C10H11N3O. The van der Waals surface area contributed by atoms with Crippen LogP contribution in [0.25, 0.3) is 11.0 Å². The number of aryl methyl sites for hydroxylation is 2. The average Bonchev–Trinajstić information content (AvgIpc) is 2.74. The van der Waals surface area contributed by atoms with Crippen LogP contribution in [-0.2, 0) is 12.8 Å². The highest BCUT2D eigenvalue weighted by molar-refractivity contribution is 5.78. The van der Waals surface area contributed by atoms with Crippen LogP contribution in [0.1, 0.15) is 23.4 Å². The molecule has 0 spiro atoms. The molecule has 2 aromatic heterocycles. The van der Waals surface area contributed by atoms with Crippen LogP contribution in [-0.4, -0.2) is 15.2 Å². The Labute approximate surface area is 80.3 Å². The predicted molar refractivity (Wildman–Crippen MR) is 53.5 cm³/mol. The largest absolute Gasteiger partial charge is 0.341 e. The Kier molecular flexibility index (Phi) is 1.37. The van der Waals surface area contributed by atoms with E-state index in [-0.39, 0.29) is 5.43 Å². The van der Waals surface area contributed by atoms with Crippen LogP contribution in [0.5, 0.6) is 0 Å². The molecule has 0 saturated heterocycles. The van der Waals surface area contributed by atoms with Crippen molar-refractivity contribution in [3.8, 4) is 0 Å². The molecule has 4 heteroatoms. The third-order valence-electron chi connectivity index (χ3n) is 2.94. The van der Waals surface area contributed by atoms with E-state index in [2.05, 4.69) is 15.2 Å². The zero-order chi connectivity index (χ0) is 9.71. The van der Waals surface area contributed by atoms with Crippen molar-refractivity contribution < 1.29 is 0 Å². The summed E-state index contributed by atoms with van der Waals surface area (Å²) >= 11 is 0. The number of aromatic amines is 2. The van der Waals surface area contributed by atoms with E-state index in [1.54, 1.807) is 0 Å². The molecule has 0 atom stereocenters. The number of nitrogens with zero attached hydrogens (tertiary/aromatic N) is 1. The lowest BCUT2D eigenvalue weighted by Crippen LogP contribution is -2.10. The Morgan fingerprint density at radius 2 is 2.21 bits per heavy atom. The van der Waals surface area contributed by atoms with E-state index in [0.29, 0.717) is 5.65 Å². The van der Waals surface area contributed by atoms with E-state index in [9.17, 15) is 4.79 Å². The van der Waals surface area contributed by atoms with Crippen LogP contribution in [0.4, 0.5) is 0 Å². The van der Waals surface area contributed by atoms with Crippen LogP contribution < -0.4 is 5.43 Å². The Hall–Kier alpha value is -1.58. The number of nitrogens with one attached hydrogen (secondary N) is 2. The fourth-order valence-corrected chi connectivity index (χ4v) is 2.22. The van der Waals surface area contributed by atoms with Gasteiger partial charge in [0.1, 0.15) is 0 Å². The van der Waals surface area contributed by atoms with Crippen molar-refractivity contribution >= 4 is 11.0 Å². The molecule has 3 rings (SSSR count). The van der Waals surface area contributed by atoms with E-state index in [1.165, 1.54) is 0 Å². The van der Waals surface area contributed by atoms with Gasteiger partial charge in [-0.2, -0.15) is 5.10 Å². The third kappa shape index (κ3) is 0.828. The summed E-state index contributed by atoms with van der Waals surface area (Å²) in [5.74, 6) is 0. The standard InChI is InChI=1S/C10H11N3O/c1-5-8-9(14)6-3-2-4-7(6)11-10(8)13-12-5/h2-4H2,1H3,(H2,11,12,13,14). The van der Waals surface area contributed by atoms with E-state index in [1.807, 2.05) is 6.92 Å². The molecule has 2 aromatic rings. The predicted octanol–water partition coefficient (Wildman–Crippen LogP) is 1.05. The smallest absolute Gasteiger partial charge is 0.196 e.